The SMILES string of the molecule is COc1ccc(NC(=O)N2CCC(C)(C(=O)O)C2)cc1F. The van der Waals surface area contributed by atoms with Gasteiger partial charge in [0.1, 0.15) is 0 Å². The Bertz CT molecular complexity index is 578. The highest BCUT2D eigenvalue weighted by atomic mass is 19.1. The normalized spacial score (nSPS) is 21.2. The first kappa shape index (κ1) is 15.1. The van der Waals surface area contributed by atoms with Crippen LogP contribution in [0.4, 0.5) is 14.9 Å². The quantitative estimate of drug-likeness (QED) is 0.896. The zero-order chi connectivity index (χ0) is 15.6. The number of benzene rings is 1. The van der Waals surface area contributed by atoms with Crippen LogP contribution in [-0.4, -0.2) is 42.2 Å². The summed E-state index contributed by atoms with van der Waals surface area (Å²) in [4.78, 5) is 24.6. The van der Waals surface area contributed by atoms with Gasteiger partial charge in [-0.2, -0.15) is 0 Å². The molecule has 0 aliphatic carbocycles. The fourth-order valence-electron chi connectivity index (χ4n) is 2.26. The number of nitrogens with one attached hydrogen (secondary N) is 1. The number of carbonyl (C=O) groups is 2. The molecule has 21 heavy (non-hydrogen) atoms. The Labute approximate surface area is 121 Å². The van der Waals surface area contributed by atoms with E-state index in [0.717, 1.165) is 6.07 Å². The minimum absolute atomic E-state index is 0.0904. The van der Waals surface area contributed by atoms with Crippen molar-refractivity contribution in [1.82, 2.24) is 4.90 Å². The van der Waals surface area contributed by atoms with Gasteiger partial charge in [-0.3, -0.25) is 4.79 Å². The van der Waals surface area contributed by atoms with Gasteiger partial charge in [-0.25, -0.2) is 9.18 Å². The highest BCUT2D eigenvalue weighted by Crippen LogP contribution is 2.30. The lowest BCUT2D eigenvalue weighted by atomic mass is 9.90. The predicted molar refractivity (Wildman–Crippen MR) is 73.9 cm³/mol. The zero-order valence-corrected chi connectivity index (χ0v) is 11.9. The highest BCUT2D eigenvalue weighted by molar-refractivity contribution is 5.90. The van der Waals surface area contributed by atoms with Crippen LogP contribution in [0.5, 0.6) is 5.75 Å². The van der Waals surface area contributed by atoms with Gasteiger partial charge in [-0.1, -0.05) is 0 Å². The maximum absolute atomic E-state index is 13.5. The number of carbonyl (C=O) groups excluding carboxylic acids is 1. The molecular weight excluding hydrogens is 279 g/mol. The van der Waals surface area contributed by atoms with Gasteiger partial charge in [0, 0.05) is 24.8 Å². The van der Waals surface area contributed by atoms with Gasteiger partial charge in [0.15, 0.2) is 11.6 Å². The van der Waals surface area contributed by atoms with Gasteiger partial charge in [-0.15, -0.1) is 0 Å². The maximum atomic E-state index is 13.5. The number of hydrogen-bond acceptors (Lipinski definition) is 3. The fraction of sp³-hybridized carbons (Fsp3) is 0.429. The summed E-state index contributed by atoms with van der Waals surface area (Å²) in [5, 5.41) is 11.7. The maximum Gasteiger partial charge on any atom is 0.321 e. The smallest absolute Gasteiger partial charge is 0.321 e. The first-order valence-electron chi connectivity index (χ1n) is 6.48. The van der Waals surface area contributed by atoms with E-state index in [1.807, 2.05) is 0 Å². The van der Waals surface area contributed by atoms with E-state index in [0.29, 0.717) is 18.7 Å². The molecule has 2 rings (SSSR count). The molecule has 0 spiro atoms. The van der Waals surface area contributed by atoms with Crippen molar-refractivity contribution in [1.29, 1.82) is 0 Å². The molecule has 7 heteroatoms. The number of halogens is 1. The molecule has 1 fully saturated rings. The van der Waals surface area contributed by atoms with Gasteiger partial charge in [-0.05, 0) is 25.5 Å². The van der Waals surface area contributed by atoms with E-state index in [4.69, 9.17) is 9.84 Å². The lowest BCUT2D eigenvalue weighted by molar-refractivity contribution is -0.146. The summed E-state index contributed by atoms with van der Waals surface area (Å²) in [5.41, 5.74) is -0.634. The van der Waals surface area contributed by atoms with E-state index in [2.05, 4.69) is 5.32 Å². The van der Waals surface area contributed by atoms with Crippen LogP contribution >= 0.6 is 0 Å². The van der Waals surface area contributed by atoms with Crippen molar-refractivity contribution in [3.05, 3.63) is 24.0 Å². The molecule has 2 N–H and O–H groups in total. The van der Waals surface area contributed by atoms with Crippen molar-refractivity contribution in [3.8, 4) is 5.75 Å². The summed E-state index contributed by atoms with van der Waals surface area (Å²) in [7, 11) is 1.35. The third-order valence-electron chi connectivity index (χ3n) is 3.68. The topological polar surface area (TPSA) is 78.9 Å². The first-order chi connectivity index (χ1) is 9.85. The monoisotopic (exact) mass is 296 g/mol. The summed E-state index contributed by atoms with van der Waals surface area (Å²) in [6.45, 7) is 2.09. The molecule has 1 aliphatic heterocycles. The van der Waals surface area contributed by atoms with Crippen LogP contribution in [0.15, 0.2) is 18.2 Å². The summed E-state index contributed by atoms with van der Waals surface area (Å²) in [6.07, 6.45) is 0.396. The Kier molecular flexibility index (Phi) is 4.02. The van der Waals surface area contributed by atoms with Gasteiger partial charge >= 0.3 is 12.0 Å². The van der Waals surface area contributed by atoms with Crippen molar-refractivity contribution >= 4 is 17.7 Å². The van der Waals surface area contributed by atoms with E-state index in [-0.39, 0.29) is 12.3 Å². The lowest BCUT2D eigenvalue weighted by Crippen LogP contribution is -2.37. The molecule has 0 saturated carbocycles. The molecule has 1 unspecified atom stereocenters. The second-order valence-electron chi connectivity index (χ2n) is 5.32. The number of aliphatic carboxylic acids is 1. The zero-order valence-electron chi connectivity index (χ0n) is 11.9. The fourth-order valence-corrected chi connectivity index (χ4v) is 2.26. The molecule has 1 saturated heterocycles. The number of urea groups is 1. The van der Waals surface area contributed by atoms with Crippen molar-refractivity contribution < 1.29 is 23.8 Å². The summed E-state index contributed by atoms with van der Waals surface area (Å²) >= 11 is 0. The van der Waals surface area contributed by atoms with Crippen LogP contribution in [0.3, 0.4) is 0 Å². The highest BCUT2D eigenvalue weighted by Gasteiger charge is 2.42. The number of likely N-dealkylation sites (tertiary alicyclic amines) is 1. The summed E-state index contributed by atoms with van der Waals surface area (Å²) in [5.74, 6) is -1.41. The summed E-state index contributed by atoms with van der Waals surface area (Å²) in [6, 6.07) is 3.65. The van der Waals surface area contributed by atoms with Gasteiger partial charge in [0.25, 0.3) is 0 Å². The number of carboxylic acid groups (broad SMARTS) is 1. The van der Waals surface area contributed by atoms with Crippen LogP contribution in [0.2, 0.25) is 0 Å². The molecule has 0 radical (unpaired) electrons. The Hall–Kier alpha value is -2.31. The summed E-state index contributed by atoms with van der Waals surface area (Å²) < 4.78 is 18.3. The molecule has 1 aliphatic rings. The second-order valence-corrected chi connectivity index (χ2v) is 5.32. The number of ether oxygens (including phenoxy) is 1. The van der Waals surface area contributed by atoms with Crippen LogP contribution in [-0.2, 0) is 4.79 Å². The third-order valence-corrected chi connectivity index (χ3v) is 3.68. The van der Waals surface area contributed by atoms with E-state index in [1.54, 1.807) is 6.92 Å². The minimum atomic E-state index is -0.928. The van der Waals surface area contributed by atoms with Crippen LogP contribution < -0.4 is 10.1 Å². The molecule has 0 bridgehead atoms. The third kappa shape index (κ3) is 3.07. The molecular formula is C14H17FN2O4. The second kappa shape index (κ2) is 5.59. The van der Waals surface area contributed by atoms with Crippen LogP contribution in [0, 0.1) is 11.2 Å². The van der Waals surface area contributed by atoms with Crippen molar-refractivity contribution in [2.24, 2.45) is 5.41 Å². The average molecular weight is 296 g/mol. The number of amides is 2. The van der Waals surface area contributed by atoms with Gasteiger partial charge < -0.3 is 20.1 Å². The van der Waals surface area contributed by atoms with Crippen LogP contribution in [0.25, 0.3) is 0 Å². The molecule has 1 aromatic rings. The van der Waals surface area contributed by atoms with E-state index in [1.165, 1.54) is 24.1 Å². The lowest BCUT2D eigenvalue weighted by Gasteiger charge is -2.20. The average Bonchev–Trinajstić information content (AvgIpc) is 2.83. The Morgan fingerprint density at radius 2 is 2.19 bits per heavy atom. The molecule has 2 amide bonds. The van der Waals surface area contributed by atoms with Crippen molar-refractivity contribution in [2.75, 3.05) is 25.5 Å². The van der Waals surface area contributed by atoms with Crippen molar-refractivity contribution in [2.45, 2.75) is 13.3 Å². The van der Waals surface area contributed by atoms with E-state index >= 15 is 0 Å². The number of anilines is 1. The van der Waals surface area contributed by atoms with Gasteiger partial charge in [0.05, 0.1) is 12.5 Å². The largest absolute Gasteiger partial charge is 0.494 e. The Morgan fingerprint density at radius 1 is 1.48 bits per heavy atom. The number of methoxy groups -OCH3 is 1. The predicted octanol–water partition coefficient (Wildman–Crippen LogP) is 2.16. The number of carboxylic acids is 1. The molecule has 1 aromatic carbocycles. The Morgan fingerprint density at radius 3 is 2.71 bits per heavy atom. The van der Waals surface area contributed by atoms with Crippen molar-refractivity contribution in [3.63, 3.8) is 0 Å². The number of hydrogen-bond donors (Lipinski definition) is 2. The molecule has 1 atom stereocenters. The van der Waals surface area contributed by atoms with E-state index in [9.17, 15) is 14.0 Å². The number of nitrogens with zero attached hydrogens (tertiary/aromatic N) is 1. The molecule has 1 heterocycles. The standard InChI is InChI=1S/C14H17FN2O4/c1-14(12(18)19)5-6-17(8-14)13(20)16-9-3-4-11(21-2)10(15)7-9/h3-4,7H,5-6,8H2,1-2H3,(H,16,20)(H,18,19). The van der Waals surface area contributed by atoms with E-state index < -0.39 is 23.2 Å². The minimum Gasteiger partial charge on any atom is -0.494 e. The molecule has 114 valence electrons. The molecule has 0 aromatic heterocycles. The Balaban J connectivity index is 2.03. The number of rotatable bonds is 3. The van der Waals surface area contributed by atoms with Gasteiger partial charge in [0.2, 0.25) is 0 Å². The first-order valence-corrected chi connectivity index (χ1v) is 6.48. The van der Waals surface area contributed by atoms with Crippen LogP contribution in [0.1, 0.15) is 13.3 Å². The molecule has 6 nitrogen and oxygen atoms in total.